The average Bonchev–Trinajstić information content (AvgIpc) is 2.88. The Hall–Kier alpha value is -2.44. The molecule has 0 aliphatic rings. The Morgan fingerprint density at radius 2 is 2.17 bits per heavy atom. The summed E-state index contributed by atoms with van der Waals surface area (Å²) in [5, 5.41) is 5.03. The normalized spacial score (nSPS) is 11.2. The number of benzene rings is 2. The molecule has 1 amide bonds. The van der Waals surface area contributed by atoms with Crippen molar-refractivity contribution in [2.45, 2.75) is 6.42 Å². The number of thiazole rings is 1. The fourth-order valence-corrected chi connectivity index (χ4v) is 3.06. The van der Waals surface area contributed by atoms with Crippen LogP contribution in [0.1, 0.15) is 11.1 Å². The van der Waals surface area contributed by atoms with Crippen LogP contribution in [0.2, 0.25) is 5.02 Å². The summed E-state index contributed by atoms with van der Waals surface area (Å²) in [5.41, 5.74) is 10.6. The standard InChI is InChI=1S/C16H13ClN4OS/c17-12-4-2-1-3-11(12)9-19-21-15(22)8-10-5-6-13-14(7-10)23-16(18)20-13/h1-7,9H,8H2,(H2,18,20)(H,21,22)/b19-9-. The van der Waals surface area contributed by atoms with Gasteiger partial charge >= 0.3 is 0 Å². The second kappa shape index (κ2) is 6.76. The summed E-state index contributed by atoms with van der Waals surface area (Å²) in [5.74, 6) is -0.204. The molecule has 0 saturated carbocycles. The molecule has 0 atom stereocenters. The smallest absolute Gasteiger partial charge is 0.244 e. The summed E-state index contributed by atoms with van der Waals surface area (Å²) in [4.78, 5) is 16.1. The lowest BCUT2D eigenvalue weighted by Gasteiger charge is -2.01. The third-order valence-electron chi connectivity index (χ3n) is 3.13. The van der Waals surface area contributed by atoms with Gasteiger partial charge in [0.15, 0.2) is 5.13 Å². The minimum absolute atomic E-state index is 0.204. The highest BCUT2D eigenvalue weighted by atomic mass is 35.5. The molecule has 0 bridgehead atoms. The first-order chi connectivity index (χ1) is 11.1. The van der Waals surface area contributed by atoms with Crippen LogP contribution in [0.5, 0.6) is 0 Å². The van der Waals surface area contributed by atoms with E-state index in [-0.39, 0.29) is 12.3 Å². The number of carbonyl (C=O) groups excluding carboxylic acids is 1. The van der Waals surface area contributed by atoms with Crippen LogP contribution in [0.3, 0.4) is 0 Å². The maximum absolute atomic E-state index is 11.9. The Morgan fingerprint density at radius 3 is 3.00 bits per heavy atom. The van der Waals surface area contributed by atoms with Gasteiger partial charge in [0, 0.05) is 10.6 Å². The summed E-state index contributed by atoms with van der Waals surface area (Å²) in [6, 6.07) is 12.9. The molecule has 3 rings (SSSR count). The Labute approximate surface area is 141 Å². The molecule has 23 heavy (non-hydrogen) atoms. The van der Waals surface area contributed by atoms with Crippen molar-refractivity contribution in [2.75, 3.05) is 5.73 Å². The van der Waals surface area contributed by atoms with E-state index in [9.17, 15) is 4.79 Å². The van der Waals surface area contributed by atoms with Gasteiger partial charge in [0.1, 0.15) is 0 Å². The number of nitrogen functional groups attached to an aromatic ring is 1. The molecule has 3 aromatic rings. The molecule has 0 saturated heterocycles. The predicted octanol–water partition coefficient (Wildman–Crippen LogP) is 3.22. The van der Waals surface area contributed by atoms with Crippen molar-refractivity contribution in [2.24, 2.45) is 5.10 Å². The van der Waals surface area contributed by atoms with Gasteiger partial charge < -0.3 is 5.73 Å². The molecular formula is C16H13ClN4OS. The van der Waals surface area contributed by atoms with E-state index in [2.05, 4.69) is 15.5 Å². The fraction of sp³-hybridized carbons (Fsp3) is 0.0625. The SMILES string of the molecule is Nc1nc2ccc(CC(=O)N/N=C\c3ccccc3Cl)cc2s1. The maximum Gasteiger partial charge on any atom is 0.244 e. The minimum Gasteiger partial charge on any atom is -0.375 e. The topological polar surface area (TPSA) is 80.4 Å². The molecule has 1 heterocycles. The largest absolute Gasteiger partial charge is 0.375 e. The number of nitrogens with one attached hydrogen (secondary N) is 1. The van der Waals surface area contributed by atoms with E-state index in [0.29, 0.717) is 10.2 Å². The predicted molar refractivity (Wildman–Crippen MR) is 94.9 cm³/mol. The number of fused-ring (bicyclic) bond motifs is 1. The molecule has 3 N–H and O–H groups in total. The van der Waals surface area contributed by atoms with Crippen LogP contribution in [0.15, 0.2) is 47.6 Å². The van der Waals surface area contributed by atoms with Crippen molar-refractivity contribution in [1.29, 1.82) is 0 Å². The molecule has 0 spiro atoms. The zero-order chi connectivity index (χ0) is 16.2. The highest BCUT2D eigenvalue weighted by Gasteiger charge is 2.06. The van der Waals surface area contributed by atoms with E-state index < -0.39 is 0 Å². The summed E-state index contributed by atoms with van der Waals surface area (Å²) in [7, 11) is 0. The number of rotatable bonds is 4. The van der Waals surface area contributed by atoms with Crippen molar-refractivity contribution in [3.63, 3.8) is 0 Å². The summed E-state index contributed by atoms with van der Waals surface area (Å²) in [6.07, 6.45) is 1.75. The van der Waals surface area contributed by atoms with Crippen LogP contribution in [0.25, 0.3) is 10.2 Å². The zero-order valence-electron chi connectivity index (χ0n) is 12.0. The molecule has 0 aliphatic carbocycles. The Balaban J connectivity index is 1.63. The van der Waals surface area contributed by atoms with E-state index in [1.807, 2.05) is 36.4 Å². The number of anilines is 1. The van der Waals surface area contributed by atoms with Crippen molar-refractivity contribution >= 4 is 50.4 Å². The van der Waals surface area contributed by atoms with Crippen LogP contribution < -0.4 is 11.2 Å². The van der Waals surface area contributed by atoms with E-state index in [1.54, 1.807) is 6.07 Å². The molecule has 2 aromatic carbocycles. The van der Waals surface area contributed by atoms with Gasteiger partial charge in [0.05, 0.1) is 22.9 Å². The highest BCUT2D eigenvalue weighted by molar-refractivity contribution is 7.22. The molecule has 0 aliphatic heterocycles. The van der Waals surface area contributed by atoms with E-state index in [4.69, 9.17) is 17.3 Å². The molecule has 1 aromatic heterocycles. The Morgan fingerprint density at radius 1 is 1.35 bits per heavy atom. The molecular weight excluding hydrogens is 332 g/mol. The third-order valence-corrected chi connectivity index (χ3v) is 4.32. The molecule has 0 fully saturated rings. The number of nitrogens with two attached hydrogens (primary N) is 1. The lowest BCUT2D eigenvalue weighted by atomic mass is 10.1. The first kappa shape index (κ1) is 15.5. The van der Waals surface area contributed by atoms with Crippen LogP contribution >= 0.6 is 22.9 Å². The van der Waals surface area contributed by atoms with Gasteiger partial charge in [-0.25, -0.2) is 10.4 Å². The monoisotopic (exact) mass is 344 g/mol. The van der Waals surface area contributed by atoms with Crippen molar-refractivity contribution in [3.8, 4) is 0 Å². The Bertz CT molecular complexity index is 891. The van der Waals surface area contributed by atoms with Crippen LogP contribution in [0.4, 0.5) is 5.13 Å². The van der Waals surface area contributed by atoms with Gasteiger partial charge in [0.25, 0.3) is 0 Å². The van der Waals surface area contributed by atoms with E-state index in [1.165, 1.54) is 17.6 Å². The average molecular weight is 345 g/mol. The molecule has 116 valence electrons. The highest BCUT2D eigenvalue weighted by Crippen LogP contribution is 2.24. The number of amides is 1. The number of halogens is 1. The summed E-state index contributed by atoms with van der Waals surface area (Å²) in [6.45, 7) is 0. The van der Waals surface area contributed by atoms with Crippen LogP contribution in [-0.4, -0.2) is 17.1 Å². The minimum atomic E-state index is -0.204. The van der Waals surface area contributed by atoms with E-state index in [0.717, 1.165) is 21.3 Å². The maximum atomic E-state index is 11.9. The lowest BCUT2D eigenvalue weighted by molar-refractivity contribution is -0.120. The lowest BCUT2D eigenvalue weighted by Crippen LogP contribution is -2.19. The van der Waals surface area contributed by atoms with Gasteiger partial charge in [-0.2, -0.15) is 5.10 Å². The fourth-order valence-electron chi connectivity index (χ4n) is 2.08. The van der Waals surface area contributed by atoms with Crippen molar-refractivity contribution in [1.82, 2.24) is 10.4 Å². The first-order valence-electron chi connectivity index (χ1n) is 6.83. The number of carbonyl (C=O) groups is 1. The second-order valence-electron chi connectivity index (χ2n) is 4.85. The Kier molecular flexibility index (Phi) is 4.55. The summed E-state index contributed by atoms with van der Waals surface area (Å²) < 4.78 is 0.965. The number of hydrogen-bond donors (Lipinski definition) is 2. The number of nitrogens with zero attached hydrogens (tertiary/aromatic N) is 2. The number of aromatic nitrogens is 1. The van der Waals surface area contributed by atoms with Crippen LogP contribution in [-0.2, 0) is 11.2 Å². The number of hydrazone groups is 1. The van der Waals surface area contributed by atoms with E-state index >= 15 is 0 Å². The van der Waals surface area contributed by atoms with Gasteiger partial charge in [-0.1, -0.05) is 47.2 Å². The first-order valence-corrected chi connectivity index (χ1v) is 8.02. The quantitative estimate of drug-likeness (QED) is 0.563. The third kappa shape index (κ3) is 3.85. The number of hydrogen-bond acceptors (Lipinski definition) is 5. The molecule has 7 heteroatoms. The molecule has 0 radical (unpaired) electrons. The van der Waals surface area contributed by atoms with Gasteiger partial charge in [0.2, 0.25) is 5.91 Å². The van der Waals surface area contributed by atoms with Gasteiger partial charge in [-0.05, 0) is 23.8 Å². The van der Waals surface area contributed by atoms with Crippen LogP contribution in [0, 0.1) is 0 Å². The van der Waals surface area contributed by atoms with Gasteiger partial charge in [-0.3, -0.25) is 4.79 Å². The molecule has 5 nitrogen and oxygen atoms in total. The van der Waals surface area contributed by atoms with Crippen molar-refractivity contribution in [3.05, 3.63) is 58.6 Å². The second-order valence-corrected chi connectivity index (χ2v) is 6.32. The van der Waals surface area contributed by atoms with Crippen molar-refractivity contribution < 1.29 is 4.79 Å². The summed E-state index contributed by atoms with van der Waals surface area (Å²) >= 11 is 7.41. The van der Waals surface area contributed by atoms with Gasteiger partial charge in [-0.15, -0.1) is 0 Å². The zero-order valence-corrected chi connectivity index (χ0v) is 13.6. The molecule has 0 unspecified atom stereocenters.